The zero-order chi connectivity index (χ0) is 80.6. The van der Waals surface area contributed by atoms with E-state index in [-0.39, 0.29) is 0 Å². The van der Waals surface area contributed by atoms with E-state index >= 15 is 0 Å². The van der Waals surface area contributed by atoms with Crippen molar-refractivity contribution in [2.24, 2.45) is 5.73 Å². The molecule has 1 heterocycles. The van der Waals surface area contributed by atoms with Gasteiger partial charge in [0.25, 0.3) is 0 Å². The molecule has 0 radical (unpaired) electrons. The van der Waals surface area contributed by atoms with Gasteiger partial charge in [-0.2, -0.15) is 0 Å². The van der Waals surface area contributed by atoms with Gasteiger partial charge in [0.2, 0.25) is 0 Å². The Morgan fingerprint density at radius 3 is 0.708 bits per heavy atom. The van der Waals surface area contributed by atoms with Crippen LogP contribution in [0.1, 0.15) is 198 Å². The van der Waals surface area contributed by atoms with Crippen LogP contribution in [0.15, 0.2) is 243 Å². The van der Waals surface area contributed by atoms with Crippen LogP contribution >= 0.6 is 11.3 Å². The third-order valence-electron chi connectivity index (χ3n) is 15.3. The van der Waals surface area contributed by atoms with Crippen molar-refractivity contribution in [2.75, 3.05) is 64.5 Å². The van der Waals surface area contributed by atoms with E-state index in [9.17, 15) is 0 Å². The molecule has 2 N–H and O–H groups in total. The second kappa shape index (κ2) is 66.1. The largest absolute Gasteiger partial charge is 0.385 e. The molecule has 7 heteroatoms. The number of nitrogens with zero attached hydrogens (tertiary/aromatic N) is 2. The molecule has 0 aliphatic rings. The van der Waals surface area contributed by atoms with E-state index in [1.165, 1.54) is 141 Å². The standard InChI is InChI=1S/C21H21N.C17H18.C15H17N.C11H14.C8H10.C6H8S.C4H10O2.C4H10.C3H9N.C3H8O.C3H8.2C2H6/c1-16-4-10-19(11-5-16)22(20-12-6-17(2)7-13-20)21-14-8-18(3)9-15-21;1-4-17(15-9-5-13(2)6-10-15)16-11-7-14(3)8-12-16;1-12-4-8-14(9-5-12)16(3)15-10-6-13(2)7-11-15;1-4-10(3)11-7-5-9(2)6-8-11;1-7-3-5-8(2)6-4-7;1-5-3-4-6(2)7-5;1-5-3-4-6-2;1-3-4-2;1-2-3-4;1-3-4-2;1-3-2;2*1-2/h4-15H,1-3H3;4-12H,1-3H3;4-11H,1-3H3;4-8H,1-3H3;3-6H,1-2H3;3-4H,1-2H3;3-4H2,1-2H3;3-4H2,1-2H3;2-4H2,1H3;3H2,1-2H3;3H2,1-2H3;2*1-2H3/b;;;10-4+;;;;;;;;;. The summed E-state index contributed by atoms with van der Waals surface area (Å²) < 4.78 is 13.9. The SMILES string of the molecule is C/C=C(\C)c1ccc(C)cc1.CC.CC.CC=C(c1ccc(C)cc1)c1ccc(C)cc1.CCC.CCCC.CCCN.CCOC.COCCOC.Cc1ccc(C)cc1.Cc1ccc(C)s1.Cc1ccc(N(C)c2ccc(C)cc2)cc1.Cc1ccc(N(c2ccc(C)cc2)c2ccc(C)cc2)cc1. The first kappa shape index (κ1) is 102. The minimum absolute atomic E-state index is 0.691. The molecule has 0 spiro atoms. The maximum Gasteiger partial charge on any atom is 0.0696 e. The summed E-state index contributed by atoms with van der Waals surface area (Å²) >= 11 is 1.84. The molecule has 0 aliphatic heterocycles. The van der Waals surface area contributed by atoms with Crippen LogP contribution in [0.25, 0.3) is 11.1 Å². The normalized spacial score (nSPS) is 9.51. The Labute approximate surface area is 654 Å². The number of hydrogen-bond donors (Lipinski definition) is 1. The van der Waals surface area contributed by atoms with E-state index in [0.717, 1.165) is 19.6 Å². The molecule has 9 aromatic carbocycles. The van der Waals surface area contributed by atoms with Crippen LogP contribution in [0.3, 0.4) is 0 Å². The lowest BCUT2D eigenvalue weighted by Gasteiger charge is -2.25. The van der Waals surface area contributed by atoms with Crippen molar-refractivity contribution in [2.45, 2.75) is 199 Å². The van der Waals surface area contributed by atoms with Crippen LogP contribution in [0.5, 0.6) is 0 Å². The molecule has 106 heavy (non-hydrogen) atoms. The fourth-order valence-corrected chi connectivity index (χ4v) is 9.30. The van der Waals surface area contributed by atoms with Crippen molar-refractivity contribution in [3.8, 4) is 0 Å². The highest BCUT2D eigenvalue weighted by molar-refractivity contribution is 7.11. The number of aryl methyl sites for hydroxylation is 12. The fraction of sp³-hybridized carbons (Fsp3) is 0.374. The van der Waals surface area contributed by atoms with E-state index < -0.39 is 0 Å². The van der Waals surface area contributed by atoms with E-state index in [2.05, 4.69) is 412 Å². The molecule has 0 atom stereocenters. The van der Waals surface area contributed by atoms with Crippen molar-refractivity contribution >= 4 is 50.9 Å². The summed E-state index contributed by atoms with van der Waals surface area (Å²) in [5.41, 5.74) is 30.5. The van der Waals surface area contributed by atoms with Crippen LogP contribution in [0.2, 0.25) is 0 Å². The third-order valence-corrected chi connectivity index (χ3v) is 16.3. The summed E-state index contributed by atoms with van der Waals surface area (Å²) in [6.45, 7) is 55.3. The first-order chi connectivity index (χ1) is 50.9. The molecule has 10 rings (SSSR count). The molecule has 0 amide bonds. The van der Waals surface area contributed by atoms with Gasteiger partial charge in [-0.15, -0.1) is 11.3 Å². The van der Waals surface area contributed by atoms with E-state index in [4.69, 9.17) is 5.73 Å². The van der Waals surface area contributed by atoms with Gasteiger partial charge in [-0.05, 0) is 224 Å². The number of methoxy groups -OCH3 is 3. The monoisotopic (exact) mass is 1460 g/mol. The Morgan fingerprint density at radius 1 is 0.330 bits per heavy atom. The summed E-state index contributed by atoms with van der Waals surface area (Å²) in [6.07, 6.45) is 9.29. The molecule has 0 fully saturated rings. The summed E-state index contributed by atoms with van der Waals surface area (Å²) in [4.78, 5) is 7.28. The second-order valence-corrected chi connectivity index (χ2v) is 26.7. The quantitative estimate of drug-likeness (QED) is 0.110. The zero-order valence-electron chi connectivity index (χ0n) is 71.9. The topological polar surface area (TPSA) is 60.2 Å². The number of anilines is 5. The number of rotatable bonds is 14. The summed E-state index contributed by atoms with van der Waals surface area (Å²) in [5.74, 6) is 0. The molecule has 6 nitrogen and oxygen atoms in total. The van der Waals surface area contributed by atoms with Gasteiger partial charge < -0.3 is 29.7 Å². The van der Waals surface area contributed by atoms with Gasteiger partial charge in [-0.25, -0.2) is 0 Å². The lowest BCUT2D eigenvalue weighted by Crippen LogP contribution is -2.09. The minimum atomic E-state index is 0.691. The molecular weight excluding hydrogens is 1310 g/mol. The molecule has 0 unspecified atom stereocenters. The molecule has 1 aromatic heterocycles. The number of allylic oxidation sites excluding steroid dienone is 3. The lowest BCUT2D eigenvalue weighted by atomic mass is 9.96. The minimum Gasteiger partial charge on any atom is -0.385 e. The molecule has 580 valence electrons. The van der Waals surface area contributed by atoms with Crippen molar-refractivity contribution in [1.29, 1.82) is 0 Å². The maximum atomic E-state index is 5.03. The van der Waals surface area contributed by atoms with Crippen molar-refractivity contribution in [3.63, 3.8) is 0 Å². The van der Waals surface area contributed by atoms with E-state index in [1.807, 2.05) is 46.0 Å². The van der Waals surface area contributed by atoms with Crippen LogP contribution < -0.4 is 15.5 Å². The second-order valence-electron chi connectivity index (χ2n) is 25.2. The number of ether oxygens (including phenoxy) is 3. The first-order valence-electron chi connectivity index (χ1n) is 38.5. The molecule has 0 saturated carbocycles. The smallest absolute Gasteiger partial charge is 0.0696 e. The van der Waals surface area contributed by atoms with Gasteiger partial charge in [0, 0.05) is 73.2 Å². The number of benzene rings is 9. The number of nitrogens with two attached hydrogens (primary N) is 1. The third kappa shape index (κ3) is 48.7. The van der Waals surface area contributed by atoms with Crippen molar-refractivity contribution < 1.29 is 14.2 Å². The van der Waals surface area contributed by atoms with Gasteiger partial charge >= 0.3 is 0 Å². The highest BCUT2D eigenvalue weighted by atomic mass is 32.1. The molecule has 10 aromatic rings. The van der Waals surface area contributed by atoms with E-state index in [1.54, 1.807) is 21.3 Å². The average molecular weight is 1460 g/mol. The Kier molecular flexibility index (Phi) is 63.4. The number of hydrogen-bond acceptors (Lipinski definition) is 7. The van der Waals surface area contributed by atoms with Gasteiger partial charge in [0.1, 0.15) is 0 Å². The Morgan fingerprint density at radius 2 is 0.538 bits per heavy atom. The van der Waals surface area contributed by atoms with Gasteiger partial charge in [-0.3, -0.25) is 0 Å². The molecular formula is C99H145N3O3S. The van der Waals surface area contributed by atoms with Crippen LogP contribution in [-0.2, 0) is 14.2 Å². The highest BCUT2D eigenvalue weighted by Crippen LogP contribution is 2.35. The van der Waals surface area contributed by atoms with Crippen molar-refractivity contribution in [3.05, 3.63) is 325 Å². The lowest BCUT2D eigenvalue weighted by molar-refractivity contribution is 0.103. The summed E-state index contributed by atoms with van der Waals surface area (Å²) in [5, 5.41) is 0. The Bertz CT molecular complexity index is 3410. The van der Waals surface area contributed by atoms with Crippen LogP contribution in [-0.4, -0.2) is 54.7 Å². The Hall–Kier alpha value is -8.40. The molecule has 0 saturated heterocycles. The maximum absolute atomic E-state index is 5.03. The predicted molar refractivity (Wildman–Crippen MR) is 481 cm³/mol. The van der Waals surface area contributed by atoms with E-state index in [0.29, 0.717) is 13.2 Å². The average Bonchev–Trinajstić information content (AvgIpc) is 1.07. The fourth-order valence-electron chi connectivity index (χ4n) is 8.52. The van der Waals surface area contributed by atoms with Gasteiger partial charge in [0.15, 0.2) is 0 Å². The molecule has 0 aliphatic carbocycles. The predicted octanol–water partition coefficient (Wildman–Crippen LogP) is 29.6. The zero-order valence-corrected chi connectivity index (χ0v) is 72.7. The van der Waals surface area contributed by atoms with Crippen molar-refractivity contribution in [1.82, 2.24) is 0 Å². The Balaban J connectivity index is -0.00000116. The summed E-state index contributed by atoms with van der Waals surface area (Å²) in [6, 6.07) is 81.9. The first-order valence-corrected chi connectivity index (χ1v) is 39.3. The van der Waals surface area contributed by atoms with Crippen LogP contribution in [0, 0.1) is 83.1 Å². The highest BCUT2D eigenvalue weighted by Gasteiger charge is 2.12. The summed E-state index contributed by atoms with van der Waals surface area (Å²) in [7, 11) is 7.08. The number of unbranched alkanes of at least 4 members (excludes halogenated alkanes) is 1. The number of thiophene rings is 1. The van der Waals surface area contributed by atoms with Gasteiger partial charge in [-0.1, -0.05) is 307 Å². The van der Waals surface area contributed by atoms with Gasteiger partial charge in [0.05, 0.1) is 13.2 Å². The van der Waals surface area contributed by atoms with Crippen LogP contribution in [0.4, 0.5) is 28.4 Å². The molecule has 0 bridgehead atoms.